The van der Waals surface area contributed by atoms with Crippen molar-refractivity contribution in [3.05, 3.63) is 11.6 Å². The van der Waals surface area contributed by atoms with Crippen LogP contribution in [0.25, 0.3) is 0 Å². The van der Waals surface area contributed by atoms with E-state index in [1.807, 2.05) is 6.92 Å². The maximum atomic E-state index is 11.2. The third-order valence-corrected chi connectivity index (χ3v) is 3.98. The molecule has 1 atom stereocenters. The second kappa shape index (κ2) is 5.51. The van der Waals surface area contributed by atoms with Gasteiger partial charge in [0.05, 0.1) is 6.61 Å². The standard InChI is InChI=1S/C14H24O2/c1-5-16-13(15)8-6-7-12-10-9-11(2)14(12,3)4/h9,12H,5-8,10H2,1-4H3/t12-/m1/s1. The Hall–Kier alpha value is -0.790. The Labute approximate surface area is 99.1 Å². The molecule has 0 saturated carbocycles. The molecule has 2 nitrogen and oxygen atoms in total. The van der Waals surface area contributed by atoms with Crippen LogP contribution in [0, 0.1) is 11.3 Å². The van der Waals surface area contributed by atoms with Crippen molar-refractivity contribution in [2.75, 3.05) is 6.61 Å². The van der Waals surface area contributed by atoms with Crippen LogP contribution in [-0.4, -0.2) is 12.6 Å². The molecule has 92 valence electrons. The highest BCUT2D eigenvalue weighted by molar-refractivity contribution is 5.69. The monoisotopic (exact) mass is 224 g/mol. The predicted molar refractivity (Wildman–Crippen MR) is 66.1 cm³/mol. The van der Waals surface area contributed by atoms with E-state index in [0.717, 1.165) is 12.8 Å². The molecule has 0 unspecified atom stereocenters. The van der Waals surface area contributed by atoms with Crippen LogP contribution in [0.1, 0.15) is 53.4 Å². The first-order valence-corrected chi connectivity index (χ1v) is 6.31. The van der Waals surface area contributed by atoms with Gasteiger partial charge in [-0.15, -0.1) is 0 Å². The minimum absolute atomic E-state index is 0.0528. The van der Waals surface area contributed by atoms with E-state index in [1.165, 1.54) is 12.0 Å². The molecule has 1 aliphatic rings. The maximum Gasteiger partial charge on any atom is 0.305 e. The minimum Gasteiger partial charge on any atom is -0.466 e. The maximum absolute atomic E-state index is 11.2. The number of allylic oxidation sites excluding steroid dienone is 2. The van der Waals surface area contributed by atoms with E-state index in [0.29, 0.717) is 24.4 Å². The number of carbonyl (C=O) groups is 1. The lowest BCUT2D eigenvalue weighted by Crippen LogP contribution is -2.20. The quantitative estimate of drug-likeness (QED) is 0.525. The van der Waals surface area contributed by atoms with Crippen LogP contribution in [0.3, 0.4) is 0 Å². The van der Waals surface area contributed by atoms with Gasteiger partial charge in [-0.2, -0.15) is 0 Å². The van der Waals surface area contributed by atoms with Crippen LogP contribution in [0.4, 0.5) is 0 Å². The van der Waals surface area contributed by atoms with E-state index in [1.54, 1.807) is 0 Å². The molecule has 0 fully saturated rings. The van der Waals surface area contributed by atoms with Crippen molar-refractivity contribution in [1.82, 2.24) is 0 Å². The summed E-state index contributed by atoms with van der Waals surface area (Å²) in [4.78, 5) is 11.2. The van der Waals surface area contributed by atoms with Crippen molar-refractivity contribution >= 4 is 5.97 Å². The number of esters is 1. The third-order valence-electron chi connectivity index (χ3n) is 3.98. The van der Waals surface area contributed by atoms with Gasteiger partial charge in [-0.1, -0.05) is 25.5 Å². The topological polar surface area (TPSA) is 26.3 Å². The van der Waals surface area contributed by atoms with Crippen molar-refractivity contribution in [2.24, 2.45) is 11.3 Å². The summed E-state index contributed by atoms with van der Waals surface area (Å²) >= 11 is 0. The Morgan fingerprint density at radius 1 is 1.56 bits per heavy atom. The lowest BCUT2D eigenvalue weighted by atomic mass is 9.75. The van der Waals surface area contributed by atoms with Crippen molar-refractivity contribution in [3.63, 3.8) is 0 Å². The molecule has 1 aliphatic carbocycles. The molecule has 0 heterocycles. The lowest BCUT2D eigenvalue weighted by Gasteiger charge is -2.29. The fraction of sp³-hybridized carbons (Fsp3) is 0.786. The molecule has 0 spiro atoms. The van der Waals surface area contributed by atoms with Gasteiger partial charge in [0.1, 0.15) is 0 Å². The molecule has 0 aliphatic heterocycles. The second-order valence-electron chi connectivity index (χ2n) is 5.24. The largest absolute Gasteiger partial charge is 0.466 e. The third kappa shape index (κ3) is 3.10. The van der Waals surface area contributed by atoms with Gasteiger partial charge in [-0.25, -0.2) is 0 Å². The Morgan fingerprint density at radius 3 is 2.75 bits per heavy atom. The van der Waals surface area contributed by atoms with Crippen LogP contribution >= 0.6 is 0 Å². The van der Waals surface area contributed by atoms with Gasteiger partial charge >= 0.3 is 5.97 Å². The molecule has 0 N–H and O–H groups in total. The molecule has 0 bridgehead atoms. The molecule has 0 aromatic heterocycles. The average molecular weight is 224 g/mol. The van der Waals surface area contributed by atoms with Gasteiger partial charge in [-0.3, -0.25) is 4.79 Å². The van der Waals surface area contributed by atoms with E-state index in [-0.39, 0.29) is 5.97 Å². The second-order valence-corrected chi connectivity index (χ2v) is 5.24. The molecular formula is C14H24O2. The number of hydrogen-bond acceptors (Lipinski definition) is 2. The van der Waals surface area contributed by atoms with Crippen molar-refractivity contribution in [2.45, 2.75) is 53.4 Å². The van der Waals surface area contributed by atoms with E-state index in [9.17, 15) is 4.79 Å². The Kier molecular flexibility index (Phi) is 4.57. The molecule has 1 rings (SSSR count). The van der Waals surface area contributed by atoms with Gasteiger partial charge in [-0.05, 0) is 44.4 Å². The fourth-order valence-electron chi connectivity index (χ4n) is 2.40. The molecule has 0 saturated heterocycles. The fourth-order valence-corrected chi connectivity index (χ4v) is 2.40. The summed E-state index contributed by atoms with van der Waals surface area (Å²) in [6.45, 7) is 9.17. The van der Waals surface area contributed by atoms with Crippen LogP contribution in [-0.2, 0) is 9.53 Å². The number of rotatable bonds is 5. The molecule has 2 heteroatoms. The highest BCUT2D eigenvalue weighted by Crippen LogP contribution is 2.45. The zero-order valence-electron chi connectivity index (χ0n) is 11.0. The molecule has 0 amide bonds. The summed E-state index contributed by atoms with van der Waals surface area (Å²) in [7, 11) is 0. The Balaban J connectivity index is 2.28. The van der Waals surface area contributed by atoms with E-state index in [4.69, 9.17) is 4.74 Å². The van der Waals surface area contributed by atoms with Crippen LogP contribution < -0.4 is 0 Å². The van der Waals surface area contributed by atoms with Gasteiger partial charge in [0.2, 0.25) is 0 Å². The SMILES string of the molecule is CCOC(=O)CCC[C@@H]1CC=C(C)C1(C)C. The lowest BCUT2D eigenvalue weighted by molar-refractivity contribution is -0.143. The van der Waals surface area contributed by atoms with Gasteiger partial charge in [0, 0.05) is 6.42 Å². The molecule has 0 aromatic rings. The summed E-state index contributed by atoms with van der Waals surface area (Å²) in [6.07, 6.45) is 6.16. The van der Waals surface area contributed by atoms with Crippen LogP contribution in [0.2, 0.25) is 0 Å². The average Bonchev–Trinajstić information content (AvgIpc) is 2.45. The first kappa shape index (κ1) is 13.3. The van der Waals surface area contributed by atoms with Crippen molar-refractivity contribution in [3.8, 4) is 0 Å². The van der Waals surface area contributed by atoms with E-state index < -0.39 is 0 Å². The van der Waals surface area contributed by atoms with E-state index >= 15 is 0 Å². The summed E-state index contributed by atoms with van der Waals surface area (Å²) < 4.78 is 4.93. The molecular weight excluding hydrogens is 200 g/mol. The highest BCUT2D eigenvalue weighted by atomic mass is 16.5. The first-order chi connectivity index (χ1) is 7.48. The zero-order valence-corrected chi connectivity index (χ0v) is 11.0. The zero-order chi connectivity index (χ0) is 12.2. The van der Waals surface area contributed by atoms with Gasteiger partial charge in [0.15, 0.2) is 0 Å². The van der Waals surface area contributed by atoms with Crippen LogP contribution in [0.5, 0.6) is 0 Å². The number of carbonyl (C=O) groups excluding carboxylic acids is 1. The Bertz CT molecular complexity index is 276. The van der Waals surface area contributed by atoms with E-state index in [2.05, 4.69) is 26.8 Å². The minimum atomic E-state index is -0.0528. The number of ether oxygens (including phenoxy) is 1. The van der Waals surface area contributed by atoms with Crippen molar-refractivity contribution in [1.29, 1.82) is 0 Å². The summed E-state index contributed by atoms with van der Waals surface area (Å²) in [5.74, 6) is 0.643. The smallest absolute Gasteiger partial charge is 0.305 e. The molecule has 0 aromatic carbocycles. The van der Waals surface area contributed by atoms with Crippen molar-refractivity contribution < 1.29 is 9.53 Å². The Morgan fingerprint density at radius 2 is 2.25 bits per heavy atom. The molecule has 16 heavy (non-hydrogen) atoms. The molecule has 0 radical (unpaired) electrons. The van der Waals surface area contributed by atoms with Gasteiger partial charge < -0.3 is 4.74 Å². The van der Waals surface area contributed by atoms with Crippen LogP contribution in [0.15, 0.2) is 11.6 Å². The summed E-state index contributed by atoms with van der Waals surface area (Å²) in [5.41, 5.74) is 1.81. The van der Waals surface area contributed by atoms with Gasteiger partial charge in [0.25, 0.3) is 0 Å². The number of hydrogen-bond donors (Lipinski definition) is 0. The first-order valence-electron chi connectivity index (χ1n) is 6.31. The summed E-state index contributed by atoms with van der Waals surface area (Å²) in [5, 5.41) is 0. The normalized spacial score (nSPS) is 23.0. The predicted octanol–water partition coefficient (Wildman–Crippen LogP) is 3.71. The summed E-state index contributed by atoms with van der Waals surface area (Å²) in [6, 6.07) is 0. The highest BCUT2D eigenvalue weighted by Gasteiger charge is 2.34.